The Morgan fingerprint density at radius 3 is 2.39 bits per heavy atom. The summed E-state index contributed by atoms with van der Waals surface area (Å²) in [5.41, 5.74) is 7.39. The molecular weight excluding hydrogens is 384 g/mol. The number of allylic oxidation sites excluding steroid dienone is 9. The summed E-state index contributed by atoms with van der Waals surface area (Å²) in [7, 11) is 3.25. The number of hydrogen-bond acceptors (Lipinski definition) is 3. The van der Waals surface area contributed by atoms with Crippen LogP contribution in [0.5, 0.6) is 0 Å². The summed E-state index contributed by atoms with van der Waals surface area (Å²) in [4.78, 5) is 0. The predicted octanol–water partition coefficient (Wildman–Crippen LogP) is 6.94. The molecule has 3 nitrogen and oxygen atoms in total. The molecule has 0 fully saturated rings. The fourth-order valence-electron chi connectivity index (χ4n) is 4.17. The molecular formula is C28H38O3. The molecule has 0 unspecified atom stereocenters. The van der Waals surface area contributed by atoms with Gasteiger partial charge >= 0.3 is 0 Å². The van der Waals surface area contributed by atoms with E-state index in [9.17, 15) is 5.11 Å². The molecule has 168 valence electrons. The second-order valence-electron chi connectivity index (χ2n) is 8.80. The van der Waals surface area contributed by atoms with Crippen molar-refractivity contribution >= 4 is 5.57 Å². The standard InChI is InChI=1S/C28H38O3/c1-21(12-17-26-22(2)10-8-19-28(26,3)4)9-7-11-23(18-20-29)24-13-15-25(16-14-24)27(30-5)31-6/h7,9,11-18,27,29H,8,10,19-20H2,1-6H3/b11-7-,17-12+,21-9+,23-18-. The molecule has 0 spiro atoms. The van der Waals surface area contributed by atoms with E-state index in [1.54, 1.807) is 14.2 Å². The molecule has 0 amide bonds. The lowest BCUT2D eigenvalue weighted by Gasteiger charge is -2.32. The van der Waals surface area contributed by atoms with Gasteiger partial charge in [-0.15, -0.1) is 0 Å². The SMILES string of the molecule is COC(OC)c1ccc(C(/C=C\C=C(C)\C=C\C2=C(C)CCCC2(C)C)=C\CO)cc1. The number of aliphatic hydroxyl groups is 1. The van der Waals surface area contributed by atoms with Crippen LogP contribution in [0.25, 0.3) is 5.57 Å². The molecule has 0 aromatic heterocycles. The minimum absolute atomic E-state index is 0.00863. The highest BCUT2D eigenvalue weighted by Gasteiger charge is 2.26. The normalized spacial score (nSPS) is 18.1. The van der Waals surface area contributed by atoms with Crippen molar-refractivity contribution in [2.24, 2.45) is 5.41 Å². The molecule has 0 bridgehead atoms. The minimum atomic E-state index is -0.375. The topological polar surface area (TPSA) is 38.7 Å². The van der Waals surface area contributed by atoms with Crippen LogP contribution in [0.15, 0.2) is 77.4 Å². The molecule has 0 radical (unpaired) electrons. The maximum atomic E-state index is 9.45. The van der Waals surface area contributed by atoms with Gasteiger partial charge in [0.05, 0.1) is 6.61 Å². The van der Waals surface area contributed by atoms with E-state index in [0.717, 1.165) is 16.7 Å². The monoisotopic (exact) mass is 422 g/mol. The highest BCUT2D eigenvalue weighted by Crippen LogP contribution is 2.40. The van der Waals surface area contributed by atoms with E-state index in [-0.39, 0.29) is 18.3 Å². The van der Waals surface area contributed by atoms with Crippen LogP contribution in [0, 0.1) is 5.41 Å². The highest BCUT2D eigenvalue weighted by molar-refractivity contribution is 5.74. The maximum absolute atomic E-state index is 9.45. The quantitative estimate of drug-likeness (QED) is 0.346. The van der Waals surface area contributed by atoms with Gasteiger partial charge < -0.3 is 14.6 Å². The van der Waals surface area contributed by atoms with Gasteiger partial charge in [-0.25, -0.2) is 0 Å². The second-order valence-corrected chi connectivity index (χ2v) is 8.80. The Bertz CT molecular complexity index is 860. The van der Waals surface area contributed by atoms with Crippen LogP contribution in [-0.4, -0.2) is 25.9 Å². The van der Waals surface area contributed by atoms with Crippen LogP contribution in [0.2, 0.25) is 0 Å². The minimum Gasteiger partial charge on any atom is -0.392 e. The van der Waals surface area contributed by atoms with Crippen LogP contribution in [0.3, 0.4) is 0 Å². The summed E-state index contributed by atoms with van der Waals surface area (Å²) in [6.07, 6.45) is 15.8. The lowest BCUT2D eigenvalue weighted by molar-refractivity contribution is -0.106. The first kappa shape index (κ1) is 25.1. The Morgan fingerprint density at radius 2 is 1.81 bits per heavy atom. The van der Waals surface area contributed by atoms with E-state index < -0.39 is 0 Å². The Kier molecular flexibility index (Phi) is 9.70. The Hall–Kier alpha value is -2.20. The van der Waals surface area contributed by atoms with Gasteiger partial charge in [-0.1, -0.05) is 85.7 Å². The molecule has 1 N–H and O–H groups in total. The largest absolute Gasteiger partial charge is 0.392 e. The van der Waals surface area contributed by atoms with E-state index in [1.165, 1.54) is 36.0 Å². The summed E-state index contributed by atoms with van der Waals surface area (Å²) >= 11 is 0. The molecule has 0 atom stereocenters. The average molecular weight is 423 g/mol. The Balaban J connectivity index is 2.14. The molecule has 0 heterocycles. The summed E-state index contributed by atoms with van der Waals surface area (Å²) in [5.74, 6) is 0. The molecule has 0 saturated carbocycles. The van der Waals surface area contributed by atoms with Gasteiger partial charge in [0.15, 0.2) is 6.29 Å². The molecule has 3 heteroatoms. The van der Waals surface area contributed by atoms with E-state index in [1.807, 2.05) is 42.5 Å². The van der Waals surface area contributed by atoms with Gasteiger partial charge in [0, 0.05) is 19.8 Å². The average Bonchev–Trinajstić information content (AvgIpc) is 2.74. The molecule has 31 heavy (non-hydrogen) atoms. The van der Waals surface area contributed by atoms with Gasteiger partial charge in [0.1, 0.15) is 0 Å². The summed E-state index contributed by atoms with van der Waals surface area (Å²) in [6.45, 7) is 9.05. The van der Waals surface area contributed by atoms with Gasteiger partial charge in [0.25, 0.3) is 0 Å². The van der Waals surface area contributed by atoms with E-state index >= 15 is 0 Å². The van der Waals surface area contributed by atoms with Crippen LogP contribution in [0.1, 0.15) is 64.4 Å². The van der Waals surface area contributed by atoms with Gasteiger partial charge in [-0.3, -0.25) is 0 Å². The third-order valence-corrected chi connectivity index (χ3v) is 5.95. The van der Waals surface area contributed by atoms with E-state index in [0.29, 0.717) is 0 Å². The maximum Gasteiger partial charge on any atom is 0.183 e. The second kappa shape index (κ2) is 12.0. The number of rotatable bonds is 9. The number of aliphatic hydroxyl groups excluding tert-OH is 1. The van der Waals surface area contributed by atoms with Gasteiger partial charge in [-0.05, 0) is 55.2 Å². The zero-order chi connectivity index (χ0) is 22.9. The molecule has 1 aliphatic rings. The molecule has 1 aromatic rings. The fraction of sp³-hybridized carbons (Fsp3) is 0.429. The zero-order valence-corrected chi connectivity index (χ0v) is 19.9. The van der Waals surface area contributed by atoms with Crippen molar-refractivity contribution in [1.29, 1.82) is 0 Å². The summed E-state index contributed by atoms with van der Waals surface area (Å²) < 4.78 is 10.6. The molecule has 0 saturated heterocycles. The van der Waals surface area contributed by atoms with Crippen molar-refractivity contribution in [2.45, 2.75) is 53.2 Å². The predicted molar refractivity (Wildman–Crippen MR) is 131 cm³/mol. The Labute approximate surface area is 188 Å². The van der Waals surface area contributed by atoms with Gasteiger partial charge in [0.2, 0.25) is 0 Å². The van der Waals surface area contributed by atoms with Crippen molar-refractivity contribution in [3.63, 3.8) is 0 Å². The fourth-order valence-corrected chi connectivity index (χ4v) is 4.17. The molecule has 2 rings (SSSR count). The van der Waals surface area contributed by atoms with Crippen LogP contribution in [0.4, 0.5) is 0 Å². The van der Waals surface area contributed by atoms with Crippen molar-refractivity contribution in [3.05, 3.63) is 88.6 Å². The van der Waals surface area contributed by atoms with Crippen LogP contribution < -0.4 is 0 Å². The van der Waals surface area contributed by atoms with E-state index in [2.05, 4.69) is 45.9 Å². The summed E-state index contributed by atoms with van der Waals surface area (Å²) in [5, 5.41) is 9.45. The molecule has 1 aliphatic carbocycles. The van der Waals surface area contributed by atoms with Crippen LogP contribution in [-0.2, 0) is 9.47 Å². The first-order chi connectivity index (χ1) is 14.8. The number of hydrogen-bond donors (Lipinski definition) is 1. The van der Waals surface area contributed by atoms with Crippen molar-refractivity contribution in [3.8, 4) is 0 Å². The lowest BCUT2D eigenvalue weighted by Crippen LogP contribution is -2.19. The number of ether oxygens (including phenoxy) is 2. The zero-order valence-electron chi connectivity index (χ0n) is 19.9. The third kappa shape index (κ3) is 7.17. The van der Waals surface area contributed by atoms with Gasteiger partial charge in [-0.2, -0.15) is 0 Å². The smallest absolute Gasteiger partial charge is 0.183 e. The molecule has 1 aromatic carbocycles. The third-order valence-electron chi connectivity index (χ3n) is 5.95. The molecule has 0 aliphatic heterocycles. The number of methoxy groups -OCH3 is 2. The first-order valence-electron chi connectivity index (χ1n) is 11.0. The highest BCUT2D eigenvalue weighted by atomic mass is 16.7. The van der Waals surface area contributed by atoms with Crippen molar-refractivity contribution < 1.29 is 14.6 Å². The van der Waals surface area contributed by atoms with Crippen LogP contribution >= 0.6 is 0 Å². The van der Waals surface area contributed by atoms with Crippen molar-refractivity contribution in [1.82, 2.24) is 0 Å². The summed E-state index contributed by atoms with van der Waals surface area (Å²) in [6, 6.07) is 8.00. The Morgan fingerprint density at radius 1 is 1.13 bits per heavy atom. The lowest BCUT2D eigenvalue weighted by atomic mass is 9.72. The first-order valence-corrected chi connectivity index (χ1v) is 11.0. The van der Waals surface area contributed by atoms with E-state index in [4.69, 9.17) is 9.47 Å². The van der Waals surface area contributed by atoms with Crippen molar-refractivity contribution in [2.75, 3.05) is 20.8 Å². The number of benzene rings is 1.